The summed E-state index contributed by atoms with van der Waals surface area (Å²) in [5.74, 6) is 2.02. The van der Waals surface area contributed by atoms with Crippen LogP contribution in [0, 0.1) is 0 Å². The molecule has 1 fully saturated rings. The van der Waals surface area contributed by atoms with Gasteiger partial charge in [0.05, 0.1) is 12.3 Å². The van der Waals surface area contributed by atoms with E-state index in [0.29, 0.717) is 12.6 Å². The number of ether oxygens (including phenoxy) is 1. The molecule has 1 saturated carbocycles. The van der Waals surface area contributed by atoms with Gasteiger partial charge in [-0.05, 0) is 43.6 Å². The van der Waals surface area contributed by atoms with Crippen LogP contribution in [0.4, 0.5) is 11.4 Å². The number of nitrogens with two attached hydrogens (primary N) is 1. The summed E-state index contributed by atoms with van der Waals surface area (Å²) in [5.41, 5.74) is 7.78. The van der Waals surface area contributed by atoms with Crippen LogP contribution in [0.5, 0.6) is 5.75 Å². The Balaban J connectivity index is 1.92. The van der Waals surface area contributed by atoms with Gasteiger partial charge in [0, 0.05) is 23.0 Å². The van der Waals surface area contributed by atoms with E-state index < -0.39 is 0 Å². The Kier molecular flexibility index (Phi) is 5.89. The van der Waals surface area contributed by atoms with E-state index in [0.717, 1.165) is 28.8 Å². The largest absolute Gasteiger partial charge is 0.491 e. The molecule has 0 spiro atoms. The molecule has 112 valence electrons. The molecular weight excluding hydrogens is 268 g/mol. The highest BCUT2D eigenvalue weighted by atomic mass is 32.2. The van der Waals surface area contributed by atoms with Crippen molar-refractivity contribution in [3.63, 3.8) is 0 Å². The highest BCUT2D eigenvalue weighted by molar-refractivity contribution is 7.99. The third kappa shape index (κ3) is 4.23. The third-order valence-corrected chi connectivity index (χ3v) is 4.87. The number of anilines is 2. The van der Waals surface area contributed by atoms with Crippen molar-refractivity contribution in [1.29, 1.82) is 0 Å². The van der Waals surface area contributed by atoms with Crippen molar-refractivity contribution in [2.45, 2.75) is 50.8 Å². The van der Waals surface area contributed by atoms with Crippen molar-refractivity contribution in [2.75, 3.05) is 23.4 Å². The number of benzene rings is 1. The number of rotatable bonds is 7. The second-order valence-corrected chi connectivity index (χ2v) is 6.91. The number of hydrogen-bond donors (Lipinski definition) is 2. The monoisotopic (exact) mass is 294 g/mol. The third-order valence-electron chi connectivity index (χ3n) is 3.63. The maximum atomic E-state index is 5.94. The van der Waals surface area contributed by atoms with Crippen LogP contribution in [-0.4, -0.2) is 23.7 Å². The molecule has 1 aliphatic rings. The molecular formula is C16H26N2OS. The lowest BCUT2D eigenvalue weighted by Crippen LogP contribution is -2.16. The van der Waals surface area contributed by atoms with Crippen LogP contribution in [0.2, 0.25) is 0 Å². The summed E-state index contributed by atoms with van der Waals surface area (Å²) < 4.78 is 5.68. The molecule has 0 aliphatic heterocycles. The van der Waals surface area contributed by atoms with E-state index in [9.17, 15) is 0 Å². The molecule has 3 N–H and O–H groups in total. The van der Waals surface area contributed by atoms with Gasteiger partial charge in [0.1, 0.15) is 5.75 Å². The van der Waals surface area contributed by atoms with E-state index in [1.165, 1.54) is 25.0 Å². The predicted octanol–water partition coefficient (Wildman–Crippen LogP) is 4.14. The molecule has 1 aromatic carbocycles. The molecule has 1 aliphatic carbocycles. The molecule has 0 heterocycles. The highest BCUT2D eigenvalue weighted by Crippen LogP contribution is 2.33. The van der Waals surface area contributed by atoms with Gasteiger partial charge in [-0.15, -0.1) is 0 Å². The Morgan fingerprint density at radius 3 is 2.95 bits per heavy atom. The average molecular weight is 294 g/mol. The first-order chi connectivity index (χ1) is 9.72. The van der Waals surface area contributed by atoms with Gasteiger partial charge in [0.15, 0.2) is 0 Å². The van der Waals surface area contributed by atoms with Gasteiger partial charge in [-0.2, -0.15) is 11.8 Å². The van der Waals surface area contributed by atoms with Gasteiger partial charge < -0.3 is 15.8 Å². The summed E-state index contributed by atoms with van der Waals surface area (Å²) in [4.78, 5) is 0. The fourth-order valence-electron chi connectivity index (χ4n) is 2.66. The minimum Gasteiger partial charge on any atom is -0.491 e. The van der Waals surface area contributed by atoms with Crippen molar-refractivity contribution in [1.82, 2.24) is 0 Å². The molecule has 0 aromatic heterocycles. The molecule has 3 nitrogen and oxygen atoms in total. The van der Waals surface area contributed by atoms with Gasteiger partial charge >= 0.3 is 0 Å². The minimum absolute atomic E-state index is 0.585. The molecule has 2 atom stereocenters. The lowest BCUT2D eigenvalue weighted by atomic mass is 10.2. The van der Waals surface area contributed by atoms with E-state index in [4.69, 9.17) is 10.5 Å². The van der Waals surface area contributed by atoms with Crippen molar-refractivity contribution in [3.05, 3.63) is 18.2 Å². The number of nitrogens with one attached hydrogen (secondary N) is 1. The smallest absolute Gasteiger partial charge is 0.144 e. The molecule has 0 radical (unpaired) electrons. The van der Waals surface area contributed by atoms with Crippen molar-refractivity contribution >= 4 is 23.1 Å². The lowest BCUT2D eigenvalue weighted by Gasteiger charge is -2.16. The Morgan fingerprint density at radius 1 is 1.35 bits per heavy atom. The normalized spacial score (nSPS) is 21.9. The Labute approximate surface area is 126 Å². The summed E-state index contributed by atoms with van der Waals surface area (Å²) in [7, 11) is 0. The van der Waals surface area contributed by atoms with Gasteiger partial charge in [0.2, 0.25) is 0 Å². The van der Waals surface area contributed by atoms with Crippen LogP contribution in [0.15, 0.2) is 18.2 Å². The fraction of sp³-hybridized carbons (Fsp3) is 0.625. The van der Waals surface area contributed by atoms with Crippen LogP contribution < -0.4 is 15.8 Å². The maximum Gasteiger partial charge on any atom is 0.144 e. The topological polar surface area (TPSA) is 47.3 Å². The zero-order valence-electron chi connectivity index (χ0n) is 12.5. The quantitative estimate of drug-likeness (QED) is 0.742. The zero-order chi connectivity index (χ0) is 14.4. The van der Waals surface area contributed by atoms with Gasteiger partial charge in [0.25, 0.3) is 0 Å². The molecule has 4 heteroatoms. The number of hydrogen-bond acceptors (Lipinski definition) is 4. The van der Waals surface area contributed by atoms with E-state index in [1.54, 1.807) is 0 Å². The second kappa shape index (κ2) is 7.67. The standard InChI is InChI=1S/C16H26N2OS/c1-3-9-19-16-11-13(6-8-15(16)17)18-12-5-7-14(10-12)20-4-2/h6,8,11-12,14,18H,3-5,7,9-10,17H2,1-2H3. The summed E-state index contributed by atoms with van der Waals surface area (Å²) in [6.07, 6.45) is 4.83. The molecule has 2 rings (SSSR count). The van der Waals surface area contributed by atoms with Crippen molar-refractivity contribution < 1.29 is 4.74 Å². The Hall–Kier alpha value is -1.03. The molecule has 20 heavy (non-hydrogen) atoms. The second-order valence-electron chi connectivity index (χ2n) is 5.33. The van der Waals surface area contributed by atoms with Crippen molar-refractivity contribution in [3.8, 4) is 5.75 Å². The lowest BCUT2D eigenvalue weighted by molar-refractivity contribution is 0.319. The Morgan fingerprint density at radius 2 is 2.20 bits per heavy atom. The first kappa shape index (κ1) is 15.4. The minimum atomic E-state index is 0.585. The SMILES string of the molecule is CCCOc1cc(NC2CCC(SCC)C2)ccc1N. The van der Waals surface area contributed by atoms with E-state index in [-0.39, 0.29) is 0 Å². The molecule has 0 saturated heterocycles. The Bertz CT molecular complexity index is 425. The van der Waals surface area contributed by atoms with Crippen LogP contribution >= 0.6 is 11.8 Å². The molecule has 1 aromatic rings. The summed E-state index contributed by atoms with van der Waals surface area (Å²) >= 11 is 2.09. The van der Waals surface area contributed by atoms with Gasteiger partial charge in [-0.3, -0.25) is 0 Å². The summed E-state index contributed by atoms with van der Waals surface area (Å²) in [5, 5.41) is 4.45. The van der Waals surface area contributed by atoms with E-state index in [2.05, 4.69) is 37.0 Å². The van der Waals surface area contributed by atoms with Gasteiger partial charge in [-0.1, -0.05) is 13.8 Å². The van der Waals surface area contributed by atoms with Crippen LogP contribution in [0.3, 0.4) is 0 Å². The summed E-state index contributed by atoms with van der Waals surface area (Å²) in [6, 6.07) is 6.60. The van der Waals surface area contributed by atoms with Crippen molar-refractivity contribution in [2.24, 2.45) is 0 Å². The van der Waals surface area contributed by atoms with Crippen LogP contribution in [0.25, 0.3) is 0 Å². The first-order valence-electron chi connectivity index (χ1n) is 7.63. The number of thioether (sulfide) groups is 1. The van der Waals surface area contributed by atoms with E-state index >= 15 is 0 Å². The summed E-state index contributed by atoms with van der Waals surface area (Å²) in [6.45, 7) is 5.05. The van der Waals surface area contributed by atoms with E-state index in [1.807, 2.05) is 12.1 Å². The number of nitrogen functional groups attached to an aromatic ring is 1. The highest BCUT2D eigenvalue weighted by Gasteiger charge is 2.24. The fourth-order valence-corrected chi connectivity index (χ4v) is 3.80. The first-order valence-corrected chi connectivity index (χ1v) is 8.68. The van der Waals surface area contributed by atoms with Crippen LogP contribution in [0.1, 0.15) is 39.5 Å². The average Bonchev–Trinajstić information content (AvgIpc) is 2.87. The zero-order valence-corrected chi connectivity index (χ0v) is 13.3. The molecule has 0 amide bonds. The molecule has 0 bridgehead atoms. The van der Waals surface area contributed by atoms with Crippen LogP contribution in [-0.2, 0) is 0 Å². The van der Waals surface area contributed by atoms with Gasteiger partial charge in [-0.25, -0.2) is 0 Å². The maximum absolute atomic E-state index is 5.94. The molecule has 2 unspecified atom stereocenters. The predicted molar refractivity (Wildman–Crippen MR) is 89.8 cm³/mol.